The molecule has 0 spiro atoms. The Balaban J connectivity index is 2.81. The topological polar surface area (TPSA) is 108 Å². The number of ether oxygens (including phenoxy) is 3. The van der Waals surface area contributed by atoms with Crippen molar-refractivity contribution in [3.63, 3.8) is 0 Å². The molecule has 1 aromatic rings. The zero-order valence-electron chi connectivity index (χ0n) is 18.4. The van der Waals surface area contributed by atoms with Gasteiger partial charge < -0.3 is 19.5 Å². The molecular formula is C22H31NO7. The van der Waals surface area contributed by atoms with Gasteiger partial charge in [-0.1, -0.05) is 44.2 Å². The van der Waals surface area contributed by atoms with Crippen LogP contribution in [0.15, 0.2) is 30.3 Å². The van der Waals surface area contributed by atoms with Crippen LogP contribution >= 0.6 is 0 Å². The van der Waals surface area contributed by atoms with Gasteiger partial charge in [-0.2, -0.15) is 0 Å². The van der Waals surface area contributed by atoms with Crippen molar-refractivity contribution in [2.75, 3.05) is 7.11 Å². The Kier molecular flexibility index (Phi) is 9.49. The van der Waals surface area contributed by atoms with E-state index in [1.807, 2.05) is 6.07 Å². The van der Waals surface area contributed by atoms with Crippen LogP contribution in [0, 0.1) is 11.8 Å². The lowest BCUT2D eigenvalue weighted by atomic mass is 9.88. The molecule has 0 aliphatic heterocycles. The molecule has 0 saturated carbocycles. The maximum Gasteiger partial charge on any atom is 0.408 e. The zero-order valence-corrected chi connectivity index (χ0v) is 18.4. The predicted molar refractivity (Wildman–Crippen MR) is 109 cm³/mol. The van der Waals surface area contributed by atoms with Gasteiger partial charge in [0.25, 0.3) is 0 Å². The highest BCUT2D eigenvalue weighted by Gasteiger charge is 2.36. The third-order valence-electron chi connectivity index (χ3n) is 4.07. The van der Waals surface area contributed by atoms with E-state index in [1.54, 1.807) is 58.9 Å². The van der Waals surface area contributed by atoms with Gasteiger partial charge in [0.2, 0.25) is 0 Å². The van der Waals surface area contributed by atoms with Crippen molar-refractivity contribution in [1.82, 2.24) is 5.32 Å². The summed E-state index contributed by atoms with van der Waals surface area (Å²) in [6, 6.07) is 7.71. The minimum Gasteiger partial charge on any atom is -0.467 e. The summed E-state index contributed by atoms with van der Waals surface area (Å²) in [6.07, 6.45) is -1.30. The van der Waals surface area contributed by atoms with Crippen LogP contribution < -0.4 is 5.32 Å². The summed E-state index contributed by atoms with van der Waals surface area (Å²) in [4.78, 5) is 49.5. The van der Waals surface area contributed by atoms with E-state index in [0.29, 0.717) is 0 Å². The molecule has 8 nitrogen and oxygen atoms in total. The first-order chi connectivity index (χ1) is 13.9. The van der Waals surface area contributed by atoms with Crippen LogP contribution in [-0.2, 0) is 35.2 Å². The van der Waals surface area contributed by atoms with E-state index in [2.05, 4.69) is 10.1 Å². The second kappa shape index (κ2) is 11.3. The molecule has 0 aromatic heterocycles. The molecule has 0 heterocycles. The molecule has 0 bridgehead atoms. The van der Waals surface area contributed by atoms with Crippen molar-refractivity contribution >= 4 is 23.8 Å². The second-order valence-electron chi connectivity index (χ2n) is 8.21. The molecule has 1 aromatic carbocycles. The van der Waals surface area contributed by atoms with Gasteiger partial charge >= 0.3 is 18.0 Å². The number of Topliss-reactive ketones (excluding diaryl/α,β-unsaturated/α-hetero) is 1. The Bertz CT molecular complexity index is 738. The largest absolute Gasteiger partial charge is 0.467 e. The van der Waals surface area contributed by atoms with Gasteiger partial charge in [0.1, 0.15) is 30.0 Å². The number of carbonyl (C=O) groups is 4. The number of nitrogens with one attached hydrogen (secondary N) is 1. The fourth-order valence-corrected chi connectivity index (χ4v) is 2.71. The first-order valence-electron chi connectivity index (χ1n) is 9.75. The summed E-state index contributed by atoms with van der Waals surface area (Å²) in [5.74, 6) is -3.43. The molecule has 2 atom stereocenters. The number of rotatable bonds is 9. The minimum absolute atomic E-state index is 0.00103. The molecule has 2 unspecified atom stereocenters. The maximum atomic E-state index is 12.8. The number of hydrogen-bond donors (Lipinski definition) is 1. The van der Waals surface area contributed by atoms with Crippen molar-refractivity contribution in [2.24, 2.45) is 11.8 Å². The Morgan fingerprint density at radius 2 is 1.60 bits per heavy atom. The van der Waals surface area contributed by atoms with Gasteiger partial charge in [-0.25, -0.2) is 9.59 Å². The van der Waals surface area contributed by atoms with Crippen molar-refractivity contribution in [3.05, 3.63) is 35.9 Å². The fraction of sp³-hybridized carbons (Fsp3) is 0.545. The van der Waals surface area contributed by atoms with E-state index in [-0.39, 0.29) is 12.5 Å². The number of hydrogen-bond acceptors (Lipinski definition) is 7. The minimum atomic E-state index is -1.28. The van der Waals surface area contributed by atoms with Gasteiger partial charge in [-0.3, -0.25) is 9.59 Å². The lowest BCUT2D eigenvalue weighted by Crippen LogP contribution is -2.45. The van der Waals surface area contributed by atoms with E-state index >= 15 is 0 Å². The molecule has 8 heteroatoms. The summed E-state index contributed by atoms with van der Waals surface area (Å²) in [5.41, 5.74) is 0.00861. The lowest BCUT2D eigenvalue weighted by molar-refractivity contribution is -0.164. The first kappa shape index (κ1) is 25.1. The molecule has 0 aliphatic carbocycles. The molecule has 0 saturated heterocycles. The third-order valence-corrected chi connectivity index (χ3v) is 4.07. The third kappa shape index (κ3) is 8.63. The average molecular weight is 421 g/mol. The SMILES string of the molecule is COC(=O)C(CC(=O)C(C(=O)OC(C)(C)C)C(C)C)NC(=O)OCc1ccccc1. The van der Waals surface area contributed by atoms with E-state index in [1.165, 1.54) is 0 Å². The standard InChI is InChI=1S/C22H31NO7/c1-14(2)18(20(26)30-22(3,4)5)17(24)12-16(19(25)28-6)23-21(27)29-13-15-10-8-7-9-11-15/h7-11,14,16,18H,12-13H2,1-6H3,(H,23,27). The van der Waals surface area contributed by atoms with Crippen LogP contribution in [0.25, 0.3) is 0 Å². The maximum absolute atomic E-state index is 12.8. The Morgan fingerprint density at radius 1 is 1.00 bits per heavy atom. The summed E-state index contributed by atoms with van der Waals surface area (Å²) in [7, 11) is 1.14. The molecule has 1 rings (SSSR count). The van der Waals surface area contributed by atoms with Gasteiger partial charge in [0, 0.05) is 6.42 Å². The molecule has 1 amide bonds. The number of alkyl carbamates (subject to hydrolysis) is 1. The quantitative estimate of drug-likeness (QED) is 0.371. The van der Waals surface area contributed by atoms with Crippen molar-refractivity contribution in [3.8, 4) is 0 Å². The van der Waals surface area contributed by atoms with Gasteiger partial charge in [0.05, 0.1) is 7.11 Å². The number of methoxy groups -OCH3 is 1. The highest BCUT2D eigenvalue weighted by Crippen LogP contribution is 2.21. The normalized spacial score (nSPS) is 13.2. The second-order valence-corrected chi connectivity index (χ2v) is 8.21. The van der Waals surface area contributed by atoms with Crippen LogP contribution in [-0.4, -0.2) is 42.6 Å². The Labute approximate surface area is 177 Å². The van der Waals surface area contributed by atoms with E-state index in [9.17, 15) is 19.2 Å². The highest BCUT2D eigenvalue weighted by molar-refractivity contribution is 6.01. The van der Waals surface area contributed by atoms with E-state index < -0.39 is 47.8 Å². The van der Waals surface area contributed by atoms with Gasteiger partial charge in [0.15, 0.2) is 0 Å². The molecule has 1 N–H and O–H groups in total. The van der Waals surface area contributed by atoms with Crippen LogP contribution in [0.5, 0.6) is 0 Å². The molecule has 0 aliphatic rings. The van der Waals surface area contributed by atoms with Gasteiger partial charge in [-0.15, -0.1) is 0 Å². The number of esters is 2. The summed E-state index contributed by atoms with van der Waals surface area (Å²) < 4.78 is 15.1. The lowest BCUT2D eigenvalue weighted by Gasteiger charge is -2.26. The summed E-state index contributed by atoms with van der Waals surface area (Å²) in [6.45, 7) is 8.53. The number of carbonyl (C=O) groups excluding carboxylic acids is 4. The van der Waals surface area contributed by atoms with Crippen LogP contribution in [0.4, 0.5) is 4.79 Å². The molecule has 0 radical (unpaired) electrons. The van der Waals surface area contributed by atoms with Crippen molar-refractivity contribution < 1.29 is 33.4 Å². The fourth-order valence-electron chi connectivity index (χ4n) is 2.71. The summed E-state index contributed by atoms with van der Waals surface area (Å²) in [5, 5.41) is 2.34. The van der Waals surface area contributed by atoms with Crippen LogP contribution in [0.1, 0.15) is 46.6 Å². The molecular weight excluding hydrogens is 390 g/mol. The van der Waals surface area contributed by atoms with E-state index in [0.717, 1.165) is 12.7 Å². The van der Waals surface area contributed by atoms with E-state index in [4.69, 9.17) is 9.47 Å². The van der Waals surface area contributed by atoms with Gasteiger partial charge in [-0.05, 0) is 32.3 Å². The molecule has 166 valence electrons. The Hall–Kier alpha value is -2.90. The Morgan fingerprint density at radius 3 is 2.10 bits per heavy atom. The van der Waals surface area contributed by atoms with Crippen LogP contribution in [0.3, 0.4) is 0 Å². The molecule has 0 fully saturated rings. The summed E-state index contributed by atoms with van der Waals surface area (Å²) >= 11 is 0. The van der Waals surface area contributed by atoms with Crippen molar-refractivity contribution in [1.29, 1.82) is 0 Å². The van der Waals surface area contributed by atoms with Crippen molar-refractivity contribution in [2.45, 2.75) is 59.3 Å². The number of benzene rings is 1. The highest BCUT2D eigenvalue weighted by atomic mass is 16.6. The smallest absolute Gasteiger partial charge is 0.408 e. The monoisotopic (exact) mass is 421 g/mol. The number of amides is 1. The predicted octanol–water partition coefficient (Wildman–Crippen LogP) is 3.03. The number of ketones is 1. The molecule has 30 heavy (non-hydrogen) atoms. The first-order valence-corrected chi connectivity index (χ1v) is 9.75. The van der Waals surface area contributed by atoms with Crippen LogP contribution in [0.2, 0.25) is 0 Å². The average Bonchev–Trinajstić information content (AvgIpc) is 2.64. The zero-order chi connectivity index (χ0) is 22.9.